The Balaban J connectivity index is 1.82. The van der Waals surface area contributed by atoms with Crippen LogP contribution in [0.15, 0.2) is 12.7 Å². The lowest BCUT2D eigenvalue weighted by Gasteiger charge is -2.33. The fourth-order valence-electron chi connectivity index (χ4n) is 3.55. The third kappa shape index (κ3) is 3.17. The monoisotopic (exact) mass is 271 g/mol. The molecule has 5 nitrogen and oxygen atoms in total. The lowest BCUT2D eigenvalue weighted by atomic mass is 9.85. The van der Waals surface area contributed by atoms with Gasteiger partial charge in [0.15, 0.2) is 0 Å². The van der Waals surface area contributed by atoms with Crippen LogP contribution in [0.2, 0.25) is 0 Å². The van der Waals surface area contributed by atoms with Gasteiger partial charge in [0, 0.05) is 13.1 Å². The van der Waals surface area contributed by atoms with Crippen LogP contribution in [-0.2, 0) is 4.74 Å². The van der Waals surface area contributed by atoms with Gasteiger partial charge in [-0.2, -0.15) is 0 Å². The Morgan fingerprint density at radius 3 is 2.42 bits per heavy atom. The summed E-state index contributed by atoms with van der Waals surface area (Å²) in [6.07, 6.45) is 3.50. The Labute approximate surface area is 114 Å². The highest BCUT2D eigenvalue weighted by Gasteiger charge is 2.51. The van der Waals surface area contributed by atoms with Crippen LogP contribution >= 0.6 is 0 Å². The summed E-state index contributed by atoms with van der Waals surface area (Å²) in [6, 6.07) is 0. The molecule has 0 aromatic heterocycles. The maximum atomic E-state index is 10.3. The Hall–Kier alpha value is -0.460. The van der Waals surface area contributed by atoms with Crippen molar-refractivity contribution in [3.05, 3.63) is 12.7 Å². The standard InChI is InChI=1S/C14H25NO4/c1-2-10-7-11-8-12(10)13(18)14(11)19-9-15(3-5-16)4-6-17/h2,10-14,16-18H,1,3-9H2. The molecule has 0 amide bonds. The molecule has 0 heterocycles. The minimum Gasteiger partial charge on any atom is -0.395 e. The third-order valence-electron chi connectivity index (χ3n) is 4.52. The normalized spacial score (nSPS) is 37.2. The van der Waals surface area contributed by atoms with Crippen LogP contribution in [-0.4, -0.2) is 65.5 Å². The topological polar surface area (TPSA) is 73.2 Å². The van der Waals surface area contributed by atoms with Crippen molar-refractivity contribution < 1.29 is 20.1 Å². The molecule has 5 atom stereocenters. The number of rotatable bonds is 8. The van der Waals surface area contributed by atoms with Gasteiger partial charge in [-0.25, -0.2) is 0 Å². The van der Waals surface area contributed by atoms with E-state index in [1.165, 1.54) is 0 Å². The van der Waals surface area contributed by atoms with Crippen LogP contribution in [0.3, 0.4) is 0 Å². The molecule has 5 unspecified atom stereocenters. The number of fused-ring (bicyclic) bond motifs is 2. The fraction of sp³-hybridized carbons (Fsp3) is 0.857. The zero-order chi connectivity index (χ0) is 13.8. The highest BCUT2D eigenvalue weighted by molar-refractivity contribution is 5.06. The SMILES string of the molecule is C=CC1CC2CC1C(O)C2OCN(CCO)CCO. The van der Waals surface area contributed by atoms with Gasteiger partial charge in [-0.15, -0.1) is 6.58 Å². The Morgan fingerprint density at radius 1 is 1.21 bits per heavy atom. The van der Waals surface area contributed by atoms with Crippen LogP contribution < -0.4 is 0 Å². The number of nitrogens with zero attached hydrogens (tertiary/aromatic N) is 1. The van der Waals surface area contributed by atoms with Crippen molar-refractivity contribution in [3.8, 4) is 0 Å². The Bertz CT molecular complexity index is 291. The average Bonchev–Trinajstić information content (AvgIpc) is 2.94. The van der Waals surface area contributed by atoms with E-state index in [4.69, 9.17) is 14.9 Å². The molecular formula is C14H25NO4. The minimum absolute atomic E-state index is 0.0428. The largest absolute Gasteiger partial charge is 0.395 e. The van der Waals surface area contributed by atoms with E-state index >= 15 is 0 Å². The van der Waals surface area contributed by atoms with Crippen LogP contribution in [0.4, 0.5) is 0 Å². The highest BCUT2D eigenvalue weighted by atomic mass is 16.5. The number of hydrogen-bond acceptors (Lipinski definition) is 5. The molecule has 3 N–H and O–H groups in total. The molecule has 2 aliphatic rings. The fourth-order valence-corrected chi connectivity index (χ4v) is 3.55. The predicted molar refractivity (Wildman–Crippen MR) is 71.4 cm³/mol. The van der Waals surface area contributed by atoms with E-state index in [1.807, 2.05) is 11.0 Å². The lowest BCUT2D eigenvalue weighted by Crippen LogP contribution is -2.42. The van der Waals surface area contributed by atoms with Crippen LogP contribution in [0.1, 0.15) is 12.8 Å². The number of aliphatic hydroxyl groups excluding tert-OH is 3. The van der Waals surface area contributed by atoms with E-state index < -0.39 is 6.10 Å². The molecular weight excluding hydrogens is 246 g/mol. The van der Waals surface area contributed by atoms with Crippen LogP contribution in [0, 0.1) is 17.8 Å². The van der Waals surface area contributed by atoms with Crippen molar-refractivity contribution in [2.75, 3.05) is 33.0 Å². The maximum absolute atomic E-state index is 10.3. The summed E-state index contributed by atoms with van der Waals surface area (Å²) in [5, 5.41) is 28.1. The Kier molecular flexibility index (Phi) is 5.36. The summed E-state index contributed by atoms with van der Waals surface area (Å²) in [4.78, 5) is 1.85. The van der Waals surface area contributed by atoms with Gasteiger partial charge in [-0.1, -0.05) is 6.08 Å². The predicted octanol–water partition coefficient (Wildman–Crippen LogP) is -0.181. The van der Waals surface area contributed by atoms with Gasteiger partial charge in [-0.05, 0) is 30.6 Å². The van der Waals surface area contributed by atoms with Crippen molar-refractivity contribution >= 4 is 0 Å². The molecule has 0 spiro atoms. The van der Waals surface area contributed by atoms with E-state index in [0.29, 0.717) is 31.7 Å². The molecule has 0 radical (unpaired) electrons. The minimum atomic E-state index is -0.410. The molecule has 2 saturated carbocycles. The molecule has 19 heavy (non-hydrogen) atoms. The van der Waals surface area contributed by atoms with Gasteiger partial charge in [0.05, 0.1) is 32.2 Å². The molecule has 0 saturated heterocycles. The summed E-state index contributed by atoms with van der Waals surface area (Å²) < 4.78 is 5.83. The van der Waals surface area contributed by atoms with Gasteiger partial charge >= 0.3 is 0 Å². The first-order chi connectivity index (χ1) is 9.21. The van der Waals surface area contributed by atoms with E-state index in [1.54, 1.807) is 0 Å². The molecule has 0 aromatic carbocycles. The van der Waals surface area contributed by atoms with E-state index in [2.05, 4.69) is 6.58 Å². The van der Waals surface area contributed by atoms with Crippen LogP contribution in [0.25, 0.3) is 0 Å². The summed E-state index contributed by atoms with van der Waals surface area (Å²) in [7, 11) is 0. The Morgan fingerprint density at radius 2 is 1.89 bits per heavy atom. The van der Waals surface area contributed by atoms with Crippen molar-refractivity contribution in [1.29, 1.82) is 0 Å². The van der Waals surface area contributed by atoms with Crippen molar-refractivity contribution in [2.45, 2.75) is 25.0 Å². The van der Waals surface area contributed by atoms with Gasteiger partial charge < -0.3 is 20.1 Å². The van der Waals surface area contributed by atoms with Crippen molar-refractivity contribution in [3.63, 3.8) is 0 Å². The van der Waals surface area contributed by atoms with E-state index in [-0.39, 0.29) is 25.2 Å². The van der Waals surface area contributed by atoms with E-state index in [0.717, 1.165) is 12.8 Å². The highest BCUT2D eigenvalue weighted by Crippen LogP contribution is 2.50. The molecule has 0 aliphatic heterocycles. The number of allylic oxidation sites excluding steroid dienone is 1. The zero-order valence-corrected chi connectivity index (χ0v) is 11.3. The average molecular weight is 271 g/mol. The summed E-state index contributed by atoms with van der Waals surface area (Å²) >= 11 is 0. The number of ether oxygens (including phenoxy) is 1. The first kappa shape index (κ1) is 14.9. The maximum Gasteiger partial charge on any atom is 0.0997 e. The third-order valence-corrected chi connectivity index (χ3v) is 4.52. The van der Waals surface area contributed by atoms with Crippen molar-refractivity contribution in [1.82, 2.24) is 4.90 Å². The van der Waals surface area contributed by atoms with Crippen molar-refractivity contribution in [2.24, 2.45) is 17.8 Å². The van der Waals surface area contributed by atoms with Gasteiger partial charge in [0.1, 0.15) is 0 Å². The molecule has 2 aliphatic carbocycles. The molecule has 2 fully saturated rings. The quantitative estimate of drug-likeness (QED) is 0.422. The number of hydrogen-bond donors (Lipinski definition) is 3. The van der Waals surface area contributed by atoms with Crippen LogP contribution in [0.5, 0.6) is 0 Å². The first-order valence-electron chi connectivity index (χ1n) is 7.07. The summed E-state index contributed by atoms with van der Waals surface area (Å²) in [6.45, 7) is 5.22. The second-order valence-electron chi connectivity index (χ2n) is 5.61. The number of aliphatic hydroxyl groups is 3. The molecule has 2 rings (SSSR count). The zero-order valence-electron chi connectivity index (χ0n) is 11.3. The summed E-state index contributed by atoms with van der Waals surface area (Å²) in [5.41, 5.74) is 0. The van der Waals surface area contributed by atoms with Gasteiger partial charge in [-0.3, -0.25) is 4.90 Å². The second-order valence-corrected chi connectivity index (χ2v) is 5.61. The first-order valence-corrected chi connectivity index (χ1v) is 7.07. The van der Waals surface area contributed by atoms with Gasteiger partial charge in [0.25, 0.3) is 0 Å². The molecule has 0 aromatic rings. The molecule has 110 valence electrons. The summed E-state index contributed by atoms with van der Waals surface area (Å²) in [5.74, 6) is 1.12. The second kappa shape index (κ2) is 6.81. The van der Waals surface area contributed by atoms with E-state index in [9.17, 15) is 5.11 Å². The van der Waals surface area contributed by atoms with Gasteiger partial charge in [0.2, 0.25) is 0 Å². The molecule has 5 heteroatoms. The lowest BCUT2D eigenvalue weighted by molar-refractivity contribution is -0.107. The smallest absolute Gasteiger partial charge is 0.0997 e. The molecule has 2 bridgehead atoms.